The van der Waals surface area contributed by atoms with E-state index in [4.69, 9.17) is 105 Å². The molecule has 0 saturated carbocycles. The molecule has 0 saturated heterocycles. The maximum absolute atomic E-state index is 15.9. The van der Waals surface area contributed by atoms with Crippen molar-refractivity contribution in [2.24, 2.45) is 5.73 Å². The smallest absolute Gasteiger partial charge is 0.345 e. The Morgan fingerprint density at radius 3 is 1.16 bits per heavy atom. The number of nitrogens with zero attached hydrogens (tertiary/aromatic N) is 1. The van der Waals surface area contributed by atoms with Gasteiger partial charge in [-0.25, -0.2) is 13.2 Å². The molecule has 0 atom stereocenters. The number of aryl methyl sites for hydroxylation is 3. The number of methoxy groups -OCH3 is 4. The van der Waals surface area contributed by atoms with E-state index in [1.807, 2.05) is 32.3 Å². The fraction of sp³-hybridized carbons (Fsp3) is 0.716. The summed E-state index contributed by atoms with van der Waals surface area (Å²) in [5, 5.41) is 3.48. The first-order valence-electron chi connectivity index (χ1n) is 36.3. The molecule has 0 spiro atoms. The van der Waals surface area contributed by atoms with Crippen molar-refractivity contribution < 1.29 is 127 Å². The first-order valence-corrected chi connectivity index (χ1v) is 37.9. The zero-order chi connectivity index (χ0) is 75.4. The summed E-state index contributed by atoms with van der Waals surface area (Å²) in [4.78, 5) is 29.5. The molecule has 0 aliphatic carbocycles. The molecule has 0 bridgehead atoms. The number of nitrogens with one attached hydrogen (secondary N) is 1. The van der Waals surface area contributed by atoms with Gasteiger partial charge in [-0.15, -0.1) is 0 Å². The molecule has 0 aliphatic rings. The summed E-state index contributed by atoms with van der Waals surface area (Å²) in [5.41, 5.74) is 7.73. The van der Waals surface area contributed by atoms with Gasteiger partial charge in [0, 0.05) is 97.8 Å². The highest BCUT2D eigenvalue weighted by Crippen LogP contribution is 2.34. The summed E-state index contributed by atoms with van der Waals surface area (Å²) in [6, 6.07) is 13.6. The average molecular weight is 1500 g/mol. The number of nitrogens with two attached hydrogens (primary N) is 1. The van der Waals surface area contributed by atoms with Crippen LogP contribution in [-0.2, 0) is 102 Å². The number of hydrogen-bond donors (Lipinski definition) is 2. The lowest BCUT2D eigenvalue weighted by Crippen LogP contribution is -2.38. The minimum Gasteiger partial charge on any atom is -0.748 e. The van der Waals surface area contributed by atoms with Gasteiger partial charge in [0.1, 0.15) is 53.9 Å². The number of carbonyl (C=O) groups is 2. The van der Waals surface area contributed by atoms with Crippen LogP contribution in [0, 0.1) is 13.8 Å². The molecule has 0 aliphatic heterocycles. The van der Waals surface area contributed by atoms with Crippen LogP contribution in [0.5, 0.6) is 17.2 Å². The molecule has 3 N–H and O–H groups in total. The molecule has 4 rings (SSSR count). The summed E-state index contributed by atoms with van der Waals surface area (Å²) < 4.78 is 165. The van der Waals surface area contributed by atoms with Gasteiger partial charge in [0.15, 0.2) is 6.54 Å². The number of carbonyl (C=O) groups excluding carboxylic acids is 2. The van der Waals surface area contributed by atoms with E-state index < -0.39 is 58.5 Å². The summed E-state index contributed by atoms with van der Waals surface area (Å²) in [7, 11) is 1.65. The lowest BCUT2D eigenvalue weighted by molar-refractivity contribution is -0.645. The Hall–Kier alpha value is -4.98. The Morgan fingerprint density at radius 1 is 0.462 bits per heavy atom. The third-order valence-corrected chi connectivity index (χ3v) is 16.1. The van der Waals surface area contributed by atoms with Gasteiger partial charge in [-0.1, -0.05) is 27.7 Å². The number of hydrogen-bond acceptors (Lipinski definition) is 27. The van der Waals surface area contributed by atoms with Gasteiger partial charge in [-0.2, -0.15) is 4.57 Å². The standard InChI is InChI=1S/C74H121N3O26S/c1-11-23-89-44-61(45-90-24-12-2)97-52-65(53-98-62(46-91-25-13-3)47-92-26-14-4)101-59-16-18-69-67(42-59)71(74(79)103-72-56(5)40-58(41-57(72)6)73(78)76-21-28-88-38-37-87-27-20-75)68-43-60(17-19-70(68)77(69)22-15-39-104(80,81)82)102-66(54-99-63(48-93-33-29-83-7)49-94-34-30-84-8)55-100-64(50-95-35-31-85-9)51-96-36-32-86-10/h16-19,40-43,61-66H,11-15,20-39,44-55,75H2,1-10H3,(H-,76,78,80,81,82). The third-order valence-electron chi connectivity index (χ3n) is 15.3. The molecular weight excluding hydrogens is 1380 g/mol. The van der Waals surface area contributed by atoms with Crippen molar-refractivity contribution in [3.63, 3.8) is 0 Å². The molecule has 594 valence electrons. The van der Waals surface area contributed by atoms with Crippen molar-refractivity contribution >= 4 is 43.8 Å². The molecule has 30 heteroatoms. The SMILES string of the molecule is CCCOCC(COCCC)OCC(COC(COCCC)COCCC)Oc1ccc2c(c1)c(C(=O)Oc1c(C)cc(C(=O)NCCOCCOCCN)cc1C)c1cc(OC(COC(COCCOC)COCCOC)COC(COCCOC)COCCOC)ccc1[n+]2CCCS(=O)(=O)[O-]. The minimum atomic E-state index is -4.68. The molecule has 0 fully saturated rings. The number of pyridine rings is 1. The maximum Gasteiger partial charge on any atom is 0.345 e. The fourth-order valence-electron chi connectivity index (χ4n) is 10.3. The zero-order valence-corrected chi connectivity index (χ0v) is 64.1. The lowest BCUT2D eigenvalue weighted by atomic mass is 10.0. The van der Waals surface area contributed by atoms with E-state index in [0.29, 0.717) is 144 Å². The van der Waals surface area contributed by atoms with E-state index in [9.17, 15) is 17.8 Å². The van der Waals surface area contributed by atoms with Crippen molar-refractivity contribution in [2.45, 2.75) is 117 Å². The predicted octanol–water partition coefficient (Wildman–Crippen LogP) is 6.17. The van der Waals surface area contributed by atoms with Gasteiger partial charge in [-0.3, -0.25) is 4.79 Å². The van der Waals surface area contributed by atoms with Crippen LogP contribution in [0.25, 0.3) is 21.8 Å². The second-order valence-electron chi connectivity index (χ2n) is 24.5. The third kappa shape index (κ3) is 37.7. The Balaban J connectivity index is 2.02. The van der Waals surface area contributed by atoms with Crippen molar-refractivity contribution in [1.29, 1.82) is 0 Å². The minimum absolute atomic E-state index is 0.000335. The molecule has 0 unspecified atom stereocenters. The van der Waals surface area contributed by atoms with Crippen LogP contribution in [0.3, 0.4) is 0 Å². The molecular formula is C74H121N3O26S. The van der Waals surface area contributed by atoms with Gasteiger partial charge >= 0.3 is 5.97 Å². The zero-order valence-electron chi connectivity index (χ0n) is 63.3. The second kappa shape index (κ2) is 56.3. The Kier molecular flexibility index (Phi) is 49.5. The van der Waals surface area contributed by atoms with E-state index in [0.717, 1.165) is 25.7 Å². The number of ether oxygens (including phenoxy) is 21. The van der Waals surface area contributed by atoms with E-state index in [1.54, 1.807) is 90.8 Å². The molecule has 1 heterocycles. The second-order valence-corrected chi connectivity index (χ2v) is 26.0. The number of esters is 1. The molecule has 0 radical (unpaired) electrons. The van der Waals surface area contributed by atoms with Gasteiger partial charge in [-0.05, 0) is 87.1 Å². The quantitative estimate of drug-likeness (QED) is 0.0125. The highest BCUT2D eigenvalue weighted by molar-refractivity contribution is 7.85. The number of aromatic nitrogens is 1. The van der Waals surface area contributed by atoms with Crippen LogP contribution in [0.1, 0.15) is 91.6 Å². The van der Waals surface area contributed by atoms with Crippen molar-refractivity contribution in [1.82, 2.24) is 5.32 Å². The Bertz CT molecular complexity index is 2920. The van der Waals surface area contributed by atoms with E-state index in [1.165, 1.54) is 0 Å². The van der Waals surface area contributed by atoms with Crippen molar-refractivity contribution in [2.75, 3.05) is 232 Å². The van der Waals surface area contributed by atoms with Crippen LogP contribution in [0.4, 0.5) is 0 Å². The fourth-order valence-corrected chi connectivity index (χ4v) is 10.8. The number of benzene rings is 3. The van der Waals surface area contributed by atoms with E-state index in [-0.39, 0.29) is 134 Å². The molecule has 3 aromatic carbocycles. The molecule has 1 amide bonds. The summed E-state index contributed by atoms with van der Waals surface area (Å²) >= 11 is 0. The van der Waals surface area contributed by atoms with Crippen LogP contribution in [0.2, 0.25) is 0 Å². The van der Waals surface area contributed by atoms with Crippen LogP contribution in [-0.4, -0.2) is 294 Å². The Morgan fingerprint density at radius 2 is 0.817 bits per heavy atom. The van der Waals surface area contributed by atoms with Gasteiger partial charge < -0.3 is 115 Å². The van der Waals surface area contributed by atoms with Crippen LogP contribution in [0.15, 0.2) is 48.5 Å². The van der Waals surface area contributed by atoms with Crippen molar-refractivity contribution in [3.05, 3.63) is 70.8 Å². The highest BCUT2D eigenvalue weighted by Gasteiger charge is 2.31. The van der Waals surface area contributed by atoms with Crippen LogP contribution < -0.4 is 29.8 Å². The first kappa shape index (κ1) is 91.4. The molecule has 104 heavy (non-hydrogen) atoms. The normalized spacial score (nSPS) is 12.1. The summed E-state index contributed by atoms with van der Waals surface area (Å²) in [6.07, 6.45) is -0.668. The first-order chi connectivity index (χ1) is 50.6. The lowest BCUT2D eigenvalue weighted by Gasteiger charge is -2.26. The van der Waals surface area contributed by atoms with Crippen molar-refractivity contribution in [3.8, 4) is 17.2 Å². The number of fused-ring (bicyclic) bond motifs is 2. The average Bonchev–Trinajstić information content (AvgIpc) is 0.739. The van der Waals surface area contributed by atoms with E-state index >= 15 is 4.79 Å². The largest absolute Gasteiger partial charge is 0.748 e. The molecule has 1 aromatic heterocycles. The number of rotatable bonds is 67. The highest BCUT2D eigenvalue weighted by atomic mass is 32.2. The molecule has 29 nitrogen and oxygen atoms in total. The monoisotopic (exact) mass is 1500 g/mol. The van der Waals surface area contributed by atoms with Gasteiger partial charge in [0.05, 0.1) is 185 Å². The molecule has 4 aromatic rings. The topological polar surface area (TPSA) is 327 Å². The van der Waals surface area contributed by atoms with E-state index in [2.05, 4.69) is 5.32 Å². The van der Waals surface area contributed by atoms with Gasteiger partial charge in [0.25, 0.3) is 5.91 Å². The van der Waals surface area contributed by atoms with Gasteiger partial charge in [0.2, 0.25) is 11.0 Å². The number of amides is 1. The summed E-state index contributed by atoms with van der Waals surface area (Å²) in [5.74, 6) is -1.14. The van der Waals surface area contributed by atoms with Crippen LogP contribution >= 0.6 is 0 Å². The Labute approximate surface area is 616 Å². The summed E-state index contributed by atoms with van der Waals surface area (Å²) in [6.45, 7) is 19.8. The maximum atomic E-state index is 15.9. The predicted molar refractivity (Wildman–Crippen MR) is 388 cm³/mol.